The zero-order valence-corrected chi connectivity index (χ0v) is 20.5. The van der Waals surface area contributed by atoms with E-state index in [1.165, 1.54) is 12.1 Å². The van der Waals surface area contributed by atoms with Crippen molar-refractivity contribution < 1.29 is 9.50 Å². The molecule has 0 spiro atoms. The Kier molecular flexibility index (Phi) is 6.28. The predicted octanol–water partition coefficient (Wildman–Crippen LogP) is 4.70. The van der Waals surface area contributed by atoms with Crippen molar-refractivity contribution in [3.63, 3.8) is 0 Å². The summed E-state index contributed by atoms with van der Waals surface area (Å²) in [5.41, 5.74) is 11.1. The summed E-state index contributed by atoms with van der Waals surface area (Å²) in [5.74, 6) is 0.440. The zero-order valence-electron chi connectivity index (χ0n) is 20.5. The van der Waals surface area contributed by atoms with Gasteiger partial charge in [-0.3, -0.25) is 4.68 Å². The lowest BCUT2D eigenvalue weighted by Gasteiger charge is -2.10. The minimum Gasteiger partial charge on any atom is -0.390 e. The van der Waals surface area contributed by atoms with Crippen LogP contribution in [0.1, 0.15) is 5.56 Å². The van der Waals surface area contributed by atoms with Gasteiger partial charge in [-0.2, -0.15) is 5.10 Å². The number of hydrogen-bond acceptors (Lipinski definition) is 6. The van der Waals surface area contributed by atoms with Crippen LogP contribution in [0, 0.1) is 5.82 Å². The third-order valence-corrected chi connectivity index (χ3v) is 6.54. The molecule has 0 aliphatic carbocycles. The van der Waals surface area contributed by atoms with Crippen molar-refractivity contribution in [2.75, 3.05) is 11.9 Å². The molecule has 6 aromatic rings. The van der Waals surface area contributed by atoms with Crippen LogP contribution in [0.4, 0.5) is 15.9 Å². The first-order chi connectivity index (χ1) is 18.6. The van der Waals surface area contributed by atoms with Crippen molar-refractivity contribution in [3.8, 4) is 11.1 Å². The van der Waals surface area contributed by atoms with Crippen LogP contribution in [-0.4, -0.2) is 42.1 Å². The standard InChI is InChI=1S/C29H26FN7O/c30-23-3-1-2-19(10-23)15-37-28-7-5-24(11-22(28)14-34-37)35-29-26-12-20(4-6-27(26)32-18-33-29)21-8-9-36(16-21)17-25(38)13-31/h1-12,14,16,18,25,38H,13,15,17,31H2,(H,32,33,35). The van der Waals surface area contributed by atoms with Gasteiger partial charge >= 0.3 is 0 Å². The summed E-state index contributed by atoms with van der Waals surface area (Å²) in [6.07, 6.45) is 6.70. The number of aliphatic hydroxyl groups is 1. The zero-order chi connectivity index (χ0) is 26.1. The third-order valence-electron chi connectivity index (χ3n) is 6.54. The molecule has 3 aromatic heterocycles. The van der Waals surface area contributed by atoms with Crippen LogP contribution in [0.5, 0.6) is 0 Å². The van der Waals surface area contributed by atoms with Gasteiger partial charge < -0.3 is 20.7 Å². The maximum absolute atomic E-state index is 13.6. The van der Waals surface area contributed by atoms with Crippen molar-refractivity contribution in [3.05, 3.63) is 103 Å². The SMILES string of the molecule is NCC(O)Cn1ccc(-c2ccc3ncnc(Nc4ccc5c(cnn5Cc5cccc(F)c5)c4)c3c2)c1. The molecule has 1 atom stereocenters. The van der Waals surface area contributed by atoms with Gasteiger partial charge in [-0.1, -0.05) is 18.2 Å². The minimum atomic E-state index is -0.582. The van der Waals surface area contributed by atoms with Gasteiger partial charge in [0.2, 0.25) is 0 Å². The molecule has 3 heterocycles. The number of hydrogen-bond donors (Lipinski definition) is 3. The van der Waals surface area contributed by atoms with Crippen molar-refractivity contribution in [2.45, 2.75) is 19.2 Å². The fourth-order valence-corrected chi connectivity index (χ4v) is 4.61. The highest BCUT2D eigenvalue weighted by molar-refractivity contribution is 5.94. The molecule has 0 aliphatic heterocycles. The highest BCUT2D eigenvalue weighted by atomic mass is 19.1. The number of benzene rings is 3. The van der Waals surface area contributed by atoms with E-state index in [1.54, 1.807) is 12.4 Å². The van der Waals surface area contributed by atoms with Crippen molar-refractivity contribution in [1.82, 2.24) is 24.3 Å². The summed E-state index contributed by atoms with van der Waals surface area (Å²) in [6, 6.07) is 20.6. The Bertz CT molecular complexity index is 1740. The summed E-state index contributed by atoms with van der Waals surface area (Å²) in [7, 11) is 0. The van der Waals surface area contributed by atoms with Gasteiger partial charge in [-0.05, 0) is 65.2 Å². The number of aliphatic hydroxyl groups excluding tert-OH is 1. The van der Waals surface area contributed by atoms with E-state index in [0.29, 0.717) is 18.9 Å². The Morgan fingerprint density at radius 2 is 1.92 bits per heavy atom. The second kappa shape index (κ2) is 10.0. The highest BCUT2D eigenvalue weighted by Crippen LogP contribution is 2.30. The van der Waals surface area contributed by atoms with E-state index >= 15 is 0 Å². The van der Waals surface area contributed by atoms with E-state index in [1.807, 2.05) is 70.3 Å². The van der Waals surface area contributed by atoms with Crippen LogP contribution in [-0.2, 0) is 13.1 Å². The van der Waals surface area contributed by atoms with E-state index in [9.17, 15) is 9.50 Å². The number of nitrogens with zero attached hydrogens (tertiary/aromatic N) is 5. The topological polar surface area (TPSA) is 107 Å². The molecule has 3 aromatic carbocycles. The molecular weight excluding hydrogens is 481 g/mol. The molecule has 0 bridgehead atoms. The van der Waals surface area contributed by atoms with Crippen molar-refractivity contribution in [1.29, 1.82) is 0 Å². The van der Waals surface area contributed by atoms with Crippen LogP contribution in [0.3, 0.4) is 0 Å². The molecule has 6 rings (SSSR count). The predicted molar refractivity (Wildman–Crippen MR) is 147 cm³/mol. The van der Waals surface area contributed by atoms with Gasteiger partial charge in [0.15, 0.2) is 0 Å². The van der Waals surface area contributed by atoms with Crippen LogP contribution < -0.4 is 11.1 Å². The fourth-order valence-electron chi connectivity index (χ4n) is 4.61. The summed E-state index contributed by atoms with van der Waals surface area (Å²) in [6.45, 7) is 1.15. The Balaban J connectivity index is 1.27. The molecule has 0 saturated heterocycles. The number of nitrogens with two attached hydrogens (primary N) is 1. The van der Waals surface area contributed by atoms with E-state index in [4.69, 9.17) is 5.73 Å². The first kappa shape index (κ1) is 23.8. The maximum atomic E-state index is 13.6. The van der Waals surface area contributed by atoms with Crippen LogP contribution >= 0.6 is 0 Å². The second-order valence-electron chi connectivity index (χ2n) is 9.27. The Morgan fingerprint density at radius 3 is 2.79 bits per heavy atom. The molecule has 8 nitrogen and oxygen atoms in total. The van der Waals surface area contributed by atoms with E-state index in [-0.39, 0.29) is 12.4 Å². The second-order valence-corrected chi connectivity index (χ2v) is 9.27. The normalized spacial score (nSPS) is 12.3. The summed E-state index contributed by atoms with van der Waals surface area (Å²) in [5, 5.41) is 19.7. The average molecular weight is 508 g/mol. The summed E-state index contributed by atoms with van der Waals surface area (Å²) in [4.78, 5) is 8.94. The highest BCUT2D eigenvalue weighted by Gasteiger charge is 2.11. The Labute approximate surface area is 218 Å². The van der Waals surface area contributed by atoms with Gasteiger partial charge in [0.05, 0.1) is 29.9 Å². The van der Waals surface area contributed by atoms with E-state index < -0.39 is 6.10 Å². The Morgan fingerprint density at radius 1 is 1.00 bits per heavy atom. The lowest BCUT2D eigenvalue weighted by Crippen LogP contribution is -2.24. The molecule has 1 unspecified atom stereocenters. The molecular formula is C29H26FN7O. The molecule has 0 fully saturated rings. The number of halogens is 1. The van der Waals surface area contributed by atoms with Crippen LogP contribution in [0.25, 0.3) is 32.9 Å². The monoisotopic (exact) mass is 507 g/mol. The van der Waals surface area contributed by atoms with Gasteiger partial charge in [-0.25, -0.2) is 14.4 Å². The quantitative estimate of drug-likeness (QED) is 0.276. The van der Waals surface area contributed by atoms with Crippen molar-refractivity contribution >= 4 is 33.3 Å². The number of nitrogens with one attached hydrogen (secondary N) is 1. The van der Waals surface area contributed by atoms with E-state index in [0.717, 1.165) is 44.2 Å². The van der Waals surface area contributed by atoms with Crippen LogP contribution in [0.15, 0.2) is 91.6 Å². The maximum Gasteiger partial charge on any atom is 0.141 e. The van der Waals surface area contributed by atoms with Crippen LogP contribution in [0.2, 0.25) is 0 Å². The molecule has 190 valence electrons. The molecule has 0 saturated carbocycles. The number of rotatable bonds is 8. The van der Waals surface area contributed by atoms with E-state index in [2.05, 4.69) is 26.4 Å². The minimum absolute atomic E-state index is 0.218. The molecule has 0 aliphatic rings. The smallest absolute Gasteiger partial charge is 0.141 e. The average Bonchev–Trinajstić information content (AvgIpc) is 3.55. The third kappa shape index (κ3) is 4.84. The van der Waals surface area contributed by atoms with Gasteiger partial charge in [-0.15, -0.1) is 0 Å². The molecule has 4 N–H and O–H groups in total. The van der Waals surface area contributed by atoms with Gasteiger partial charge in [0.25, 0.3) is 0 Å². The number of aromatic nitrogens is 5. The Hall–Kier alpha value is -4.60. The summed E-state index contributed by atoms with van der Waals surface area (Å²) < 4.78 is 17.4. The molecule has 9 heteroatoms. The van der Waals surface area contributed by atoms with Crippen molar-refractivity contribution in [2.24, 2.45) is 5.73 Å². The first-order valence-electron chi connectivity index (χ1n) is 12.3. The largest absolute Gasteiger partial charge is 0.390 e. The fraction of sp³-hybridized carbons (Fsp3) is 0.138. The van der Waals surface area contributed by atoms with Gasteiger partial charge in [0.1, 0.15) is 18.0 Å². The molecule has 0 amide bonds. The molecule has 0 radical (unpaired) electrons. The number of fused-ring (bicyclic) bond motifs is 2. The number of anilines is 2. The molecule has 38 heavy (non-hydrogen) atoms. The first-order valence-corrected chi connectivity index (χ1v) is 12.3. The lowest BCUT2D eigenvalue weighted by atomic mass is 10.1. The lowest BCUT2D eigenvalue weighted by molar-refractivity contribution is 0.162. The summed E-state index contributed by atoms with van der Waals surface area (Å²) >= 11 is 0. The van der Waals surface area contributed by atoms with Gasteiger partial charge in [0, 0.05) is 41.9 Å².